The number of hydrogen-bond acceptors (Lipinski definition) is 4. The van der Waals surface area contributed by atoms with E-state index in [4.69, 9.17) is 9.89 Å². The normalized spacial score (nSPS) is 14.1. The minimum atomic E-state index is -3.16. The van der Waals surface area contributed by atoms with Crippen molar-refractivity contribution in [3.05, 3.63) is 42.4 Å². The predicted molar refractivity (Wildman–Crippen MR) is 64.0 cm³/mol. The summed E-state index contributed by atoms with van der Waals surface area (Å²) in [5.74, 6) is -1.06. The van der Waals surface area contributed by atoms with Gasteiger partial charge in [0.1, 0.15) is 14.8 Å². The van der Waals surface area contributed by atoms with Crippen molar-refractivity contribution >= 4 is 15.7 Å². The third-order valence-corrected chi connectivity index (χ3v) is 4.42. The van der Waals surface area contributed by atoms with E-state index in [9.17, 15) is 9.00 Å². The highest BCUT2D eigenvalue weighted by atomic mass is 32.2. The van der Waals surface area contributed by atoms with E-state index in [1.54, 1.807) is 7.05 Å². The number of aryl methyl sites for hydroxylation is 1. The van der Waals surface area contributed by atoms with Crippen molar-refractivity contribution in [3.8, 4) is 0 Å². The molecule has 1 unspecified atom stereocenters. The smallest absolute Gasteiger partial charge is 0.335 e. The van der Waals surface area contributed by atoms with Gasteiger partial charge in [-0.25, -0.2) is 18.8 Å². The van der Waals surface area contributed by atoms with Gasteiger partial charge in [0.15, 0.2) is 0 Å². The van der Waals surface area contributed by atoms with Crippen LogP contribution in [0, 0.1) is 4.78 Å². The second kappa shape index (κ2) is 4.26. The van der Waals surface area contributed by atoms with E-state index < -0.39 is 15.7 Å². The van der Waals surface area contributed by atoms with Gasteiger partial charge >= 0.3 is 5.97 Å². The number of carboxylic acid groups (broad SMARTS) is 1. The standard InChI is InChI=1S/C11H11N3O3S/c1-14-7-13-6-10(14)18(12,17)9-4-2-8(3-5-9)11(15)16/h2-7,12H,1H3,(H,15,16). The van der Waals surface area contributed by atoms with Crippen molar-refractivity contribution < 1.29 is 14.1 Å². The lowest BCUT2D eigenvalue weighted by Crippen LogP contribution is -2.06. The van der Waals surface area contributed by atoms with Gasteiger partial charge in [0, 0.05) is 7.05 Å². The second-order valence-corrected chi connectivity index (χ2v) is 5.73. The van der Waals surface area contributed by atoms with Gasteiger partial charge in [-0.1, -0.05) is 0 Å². The average molecular weight is 265 g/mol. The topological polar surface area (TPSA) is 96.0 Å². The summed E-state index contributed by atoms with van der Waals surface area (Å²) in [5, 5.41) is 9.06. The van der Waals surface area contributed by atoms with Crippen LogP contribution in [0.5, 0.6) is 0 Å². The Hall–Kier alpha value is -2.15. The first-order valence-corrected chi connectivity index (χ1v) is 6.57. The number of aromatic carboxylic acids is 1. The third-order valence-electron chi connectivity index (χ3n) is 2.50. The van der Waals surface area contributed by atoms with Gasteiger partial charge in [0.05, 0.1) is 23.0 Å². The molecule has 2 aromatic rings. The molecule has 1 aromatic carbocycles. The number of benzene rings is 1. The molecule has 0 saturated heterocycles. The van der Waals surface area contributed by atoms with Crippen LogP contribution in [0.15, 0.2) is 46.7 Å². The molecule has 0 aliphatic heterocycles. The Labute approximate surface area is 104 Å². The number of nitrogens with one attached hydrogen (secondary N) is 1. The maximum absolute atomic E-state index is 12.4. The molecule has 0 bridgehead atoms. The Morgan fingerprint density at radius 2 is 2.00 bits per heavy atom. The number of hydrogen-bond donors (Lipinski definition) is 2. The van der Waals surface area contributed by atoms with E-state index in [0.29, 0.717) is 0 Å². The molecule has 94 valence electrons. The molecule has 18 heavy (non-hydrogen) atoms. The molecular weight excluding hydrogens is 254 g/mol. The van der Waals surface area contributed by atoms with Crippen molar-refractivity contribution in [2.45, 2.75) is 9.92 Å². The van der Waals surface area contributed by atoms with Crippen LogP contribution >= 0.6 is 0 Å². The number of carboxylic acids is 1. The molecule has 1 aromatic heterocycles. The number of imidazole rings is 1. The third kappa shape index (κ3) is 2.00. The van der Waals surface area contributed by atoms with Gasteiger partial charge in [0.25, 0.3) is 0 Å². The molecule has 0 aliphatic rings. The van der Waals surface area contributed by atoms with Crippen molar-refractivity contribution in [2.75, 3.05) is 0 Å². The minimum Gasteiger partial charge on any atom is -0.478 e. The Balaban J connectivity index is 2.49. The van der Waals surface area contributed by atoms with Crippen LogP contribution in [-0.2, 0) is 16.8 Å². The van der Waals surface area contributed by atoms with Crippen LogP contribution in [0.2, 0.25) is 0 Å². The van der Waals surface area contributed by atoms with Gasteiger partial charge in [-0.15, -0.1) is 0 Å². The molecule has 0 radical (unpaired) electrons. The van der Waals surface area contributed by atoms with Crippen LogP contribution in [0.4, 0.5) is 0 Å². The quantitative estimate of drug-likeness (QED) is 0.880. The van der Waals surface area contributed by atoms with Crippen molar-refractivity contribution in [3.63, 3.8) is 0 Å². The summed E-state index contributed by atoms with van der Waals surface area (Å²) >= 11 is 0. The summed E-state index contributed by atoms with van der Waals surface area (Å²) in [6.45, 7) is 0. The van der Waals surface area contributed by atoms with Gasteiger partial charge in [-0.3, -0.25) is 0 Å². The van der Waals surface area contributed by atoms with E-state index in [0.717, 1.165) is 0 Å². The van der Waals surface area contributed by atoms with Gasteiger partial charge in [-0.05, 0) is 24.3 Å². The van der Waals surface area contributed by atoms with Crippen molar-refractivity contribution in [1.82, 2.24) is 9.55 Å². The van der Waals surface area contributed by atoms with E-state index in [-0.39, 0.29) is 15.5 Å². The molecule has 0 amide bonds. The molecule has 1 atom stereocenters. The van der Waals surface area contributed by atoms with Gasteiger partial charge < -0.3 is 9.67 Å². The first-order chi connectivity index (χ1) is 8.43. The molecule has 0 aliphatic carbocycles. The zero-order valence-electron chi connectivity index (χ0n) is 9.53. The Morgan fingerprint density at radius 1 is 1.39 bits per heavy atom. The highest BCUT2D eigenvalue weighted by Crippen LogP contribution is 2.21. The number of carbonyl (C=O) groups is 1. The Bertz CT molecular complexity index is 687. The number of aromatic nitrogens is 2. The predicted octanol–water partition coefficient (Wildman–Crippen LogP) is 1.58. The van der Waals surface area contributed by atoms with Crippen molar-refractivity contribution in [1.29, 1.82) is 4.78 Å². The molecule has 0 fully saturated rings. The maximum atomic E-state index is 12.4. The van der Waals surface area contributed by atoms with E-state index in [1.807, 2.05) is 0 Å². The van der Waals surface area contributed by atoms with Crippen LogP contribution in [0.3, 0.4) is 0 Å². The lowest BCUT2D eigenvalue weighted by atomic mass is 10.2. The summed E-state index contributed by atoms with van der Waals surface area (Å²) < 4.78 is 21.9. The van der Waals surface area contributed by atoms with E-state index in [2.05, 4.69) is 4.98 Å². The van der Waals surface area contributed by atoms with Crippen LogP contribution < -0.4 is 0 Å². The first kappa shape index (κ1) is 12.3. The molecule has 7 heteroatoms. The summed E-state index contributed by atoms with van der Waals surface area (Å²) in [4.78, 5) is 14.8. The monoisotopic (exact) mass is 265 g/mol. The minimum absolute atomic E-state index is 0.0963. The van der Waals surface area contributed by atoms with Gasteiger partial charge in [-0.2, -0.15) is 0 Å². The summed E-state index contributed by atoms with van der Waals surface area (Å²) in [6.07, 6.45) is 2.84. The number of rotatable bonds is 3. The Kier molecular flexibility index (Phi) is 2.92. The zero-order valence-corrected chi connectivity index (χ0v) is 10.3. The molecule has 2 N–H and O–H groups in total. The molecular formula is C11H11N3O3S. The van der Waals surface area contributed by atoms with Crippen LogP contribution in [0.1, 0.15) is 10.4 Å². The fourth-order valence-corrected chi connectivity index (χ4v) is 2.95. The molecule has 0 spiro atoms. The second-order valence-electron chi connectivity index (χ2n) is 3.73. The lowest BCUT2D eigenvalue weighted by Gasteiger charge is -2.08. The fourth-order valence-electron chi connectivity index (χ4n) is 1.53. The number of nitrogens with zero attached hydrogens (tertiary/aromatic N) is 2. The van der Waals surface area contributed by atoms with Crippen LogP contribution in [-0.4, -0.2) is 24.8 Å². The average Bonchev–Trinajstić information content (AvgIpc) is 2.76. The van der Waals surface area contributed by atoms with E-state index in [1.165, 1.54) is 41.4 Å². The largest absolute Gasteiger partial charge is 0.478 e. The summed E-state index contributed by atoms with van der Waals surface area (Å²) in [6, 6.07) is 5.46. The highest BCUT2D eigenvalue weighted by molar-refractivity contribution is 7.92. The SMILES string of the molecule is Cn1cncc1S(=N)(=O)c1ccc(C(=O)O)cc1. The summed E-state index contributed by atoms with van der Waals surface area (Å²) in [7, 11) is -1.51. The Morgan fingerprint density at radius 3 is 2.44 bits per heavy atom. The van der Waals surface area contributed by atoms with Crippen molar-refractivity contribution in [2.24, 2.45) is 7.05 Å². The van der Waals surface area contributed by atoms with Crippen LogP contribution in [0.25, 0.3) is 0 Å². The first-order valence-electron chi connectivity index (χ1n) is 5.01. The fraction of sp³-hybridized carbons (Fsp3) is 0.0909. The molecule has 2 rings (SSSR count). The molecule has 1 heterocycles. The zero-order chi connectivity index (χ0) is 13.3. The molecule has 6 nitrogen and oxygen atoms in total. The lowest BCUT2D eigenvalue weighted by molar-refractivity contribution is 0.0697. The summed E-state index contributed by atoms with van der Waals surface area (Å²) in [5.41, 5.74) is 0.0963. The van der Waals surface area contributed by atoms with Gasteiger partial charge in [0.2, 0.25) is 0 Å². The van der Waals surface area contributed by atoms with E-state index >= 15 is 0 Å². The maximum Gasteiger partial charge on any atom is 0.335 e. The molecule has 0 saturated carbocycles. The highest BCUT2D eigenvalue weighted by Gasteiger charge is 2.17.